The first-order valence-electron chi connectivity index (χ1n) is 3.46. The van der Waals surface area contributed by atoms with Crippen molar-refractivity contribution in [3.05, 3.63) is 28.4 Å². The maximum Gasteiger partial charge on any atom is 0.102 e. The summed E-state index contributed by atoms with van der Waals surface area (Å²) >= 11 is 22.1. The lowest BCUT2D eigenvalue weighted by Crippen LogP contribution is -1.73. The number of halogens is 4. The molecule has 0 N–H and O–H groups in total. The molecule has 0 aliphatic rings. The zero-order chi connectivity index (χ0) is 10.3. The van der Waals surface area contributed by atoms with Gasteiger partial charge < -0.3 is 0 Å². The normalized spacial score (nSPS) is 10.9. The fourth-order valence-electron chi connectivity index (χ4n) is 1.07. The zero-order valence-electron chi connectivity index (χ0n) is 6.48. The van der Waals surface area contributed by atoms with Crippen molar-refractivity contribution in [2.45, 2.75) is 0 Å². The molecule has 14 heavy (non-hydrogen) atoms. The molecule has 0 unspecified atom stereocenters. The first kappa shape index (κ1) is 11.4. The van der Waals surface area contributed by atoms with E-state index >= 15 is 0 Å². The number of hydrogen-bond acceptors (Lipinski definition) is 2. The predicted molar refractivity (Wildman–Crippen MR) is 73.1 cm³/mol. The second-order valence-corrected chi connectivity index (χ2v) is 7.14. The van der Waals surface area contributed by atoms with Crippen LogP contribution in [-0.4, -0.2) is 0 Å². The summed E-state index contributed by atoms with van der Waals surface area (Å²) in [4.78, 5) is 0. The topological polar surface area (TPSA) is 0 Å². The molecule has 0 saturated heterocycles. The van der Waals surface area contributed by atoms with Gasteiger partial charge in [-0.25, -0.2) is 0 Å². The Bertz CT molecular complexity index is 392. The summed E-state index contributed by atoms with van der Waals surface area (Å²) in [5, 5.41) is 3.91. The largest absolute Gasteiger partial charge is 0.130 e. The molecule has 6 heteroatoms. The molecule has 0 radical (unpaired) electrons. The molecule has 2 rings (SSSR count). The van der Waals surface area contributed by atoms with Crippen LogP contribution in [0, 0.1) is 0 Å². The van der Waals surface area contributed by atoms with Crippen LogP contribution in [0.2, 0.25) is 8.67 Å². The van der Waals surface area contributed by atoms with Gasteiger partial charge in [0.05, 0.1) is 0 Å². The summed E-state index contributed by atoms with van der Waals surface area (Å²) in [5.74, 6) is 0. The van der Waals surface area contributed by atoms with Crippen LogP contribution in [0.5, 0.6) is 0 Å². The Hall–Kier alpha value is 0.940. The minimum atomic E-state index is 0.748. The average Bonchev–Trinajstić information content (AvgIpc) is 2.60. The van der Waals surface area contributed by atoms with Gasteiger partial charge in [0.2, 0.25) is 0 Å². The number of hydrogen-bond donors (Lipinski definition) is 0. The highest BCUT2D eigenvalue weighted by molar-refractivity contribution is 9.11. The van der Waals surface area contributed by atoms with E-state index in [1.807, 2.05) is 10.8 Å². The SMILES string of the molecule is Clc1scc(Br)c1-c1c(Br)csc1Cl. The lowest BCUT2D eigenvalue weighted by Gasteiger charge is -1.99. The second-order valence-electron chi connectivity index (χ2n) is 2.46. The molecule has 2 heterocycles. The molecule has 2 aromatic heterocycles. The highest BCUT2D eigenvalue weighted by atomic mass is 79.9. The number of thiophene rings is 2. The zero-order valence-corrected chi connectivity index (χ0v) is 12.8. The molecule has 0 aromatic carbocycles. The smallest absolute Gasteiger partial charge is 0.102 e. The maximum atomic E-state index is 6.09. The summed E-state index contributed by atoms with van der Waals surface area (Å²) in [7, 11) is 0. The highest BCUT2D eigenvalue weighted by Crippen LogP contribution is 2.48. The van der Waals surface area contributed by atoms with Crippen molar-refractivity contribution in [1.82, 2.24) is 0 Å². The van der Waals surface area contributed by atoms with Crippen LogP contribution in [0.3, 0.4) is 0 Å². The summed E-state index contributed by atoms with van der Waals surface area (Å²) in [6.07, 6.45) is 0. The fourth-order valence-corrected chi connectivity index (χ4v) is 4.88. The summed E-state index contributed by atoms with van der Waals surface area (Å²) < 4.78 is 3.46. The van der Waals surface area contributed by atoms with Gasteiger partial charge in [0.1, 0.15) is 8.67 Å². The summed E-state index contributed by atoms with van der Waals surface area (Å²) in [6.45, 7) is 0. The van der Waals surface area contributed by atoms with Gasteiger partial charge in [-0.05, 0) is 31.9 Å². The van der Waals surface area contributed by atoms with Gasteiger partial charge in [-0.3, -0.25) is 0 Å². The van der Waals surface area contributed by atoms with E-state index in [4.69, 9.17) is 23.2 Å². The Balaban J connectivity index is 2.71. The van der Waals surface area contributed by atoms with Crippen LogP contribution >= 0.6 is 77.7 Å². The van der Waals surface area contributed by atoms with Crippen LogP contribution in [0.25, 0.3) is 11.1 Å². The van der Waals surface area contributed by atoms with Crippen LogP contribution in [0.1, 0.15) is 0 Å². The summed E-state index contributed by atoms with van der Waals surface area (Å²) in [6, 6.07) is 0. The van der Waals surface area contributed by atoms with Gasteiger partial charge in [-0.15, -0.1) is 22.7 Å². The molecule has 0 aliphatic carbocycles. The average molecular weight is 393 g/mol. The quantitative estimate of drug-likeness (QED) is 0.533. The van der Waals surface area contributed by atoms with Gasteiger partial charge in [0, 0.05) is 30.8 Å². The van der Waals surface area contributed by atoms with Crippen molar-refractivity contribution >= 4 is 77.7 Å². The Labute approximate surface area is 116 Å². The minimum absolute atomic E-state index is 0.748. The van der Waals surface area contributed by atoms with Crippen molar-refractivity contribution in [1.29, 1.82) is 0 Å². The Morgan fingerprint density at radius 1 is 0.857 bits per heavy atom. The van der Waals surface area contributed by atoms with E-state index in [9.17, 15) is 0 Å². The van der Waals surface area contributed by atoms with E-state index in [2.05, 4.69) is 31.9 Å². The molecule has 0 bridgehead atoms. The van der Waals surface area contributed by atoms with Crippen LogP contribution in [0.15, 0.2) is 19.7 Å². The van der Waals surface area contributed by atoms with Gasteiger partial charge >= 0.3 is 0 Å². The third kappa shape index (κ3) is 1.93. The Morgan fingerprint density at radius 3 is 1.43 bits per heavy atom. The van der Waals surface area contributed by atoms with Crippen LogP contribution in [0.4, 0.5) is 0 Å². The lowest BCUT2D eigenvalue weighted by atomic mass is 10.2. The van der Waals surface area contributed by atoms with Crippen molar-refractivity contribution in [2.24, 2.45) is 0 Å². The van der Waals surface area contributed by atoms with E-state index in [0.717, 1.165) is 28.7 Å². The first-order valence-corrected chi connectivity index (χ1v) is 7.56. The molecule has 0 fully saturated rings. The number of rotatable bonds is 1. The summed E-state index contributed by atoms with van der Waals surface area (Å²) in [5.41, 5.74) is 1.93. The molecule has 0 saturated carbocycles. The van der Waals surface area contributed by atoms with Gasteiger partial charge in [0.25, 0.3) is 0 Å². The van der Waals surface area contributed by atoms with Crippen molar-refractivity contribution in [3.8, 4) is 11.1 Å². The Kier molecular flexibility index (Phi) is 3.62. The third-order valence-corrected chi connectivity index (χ3v) is 5.95. The monoisotopic (exact) mass is 390 g/mol. The van der Waals surface area contributed by atoms with Crippen molar-refractivity contribution < 1.29 is 0 Å². The molecular formula is C8H2Br2Cl2S2. The van der Waals surface area contributed by atoms with Crippen molar-refractivity contribution in [3.63, 3.8) is 0 Å². The van der Waals surface area contributed by atoms with Gasteiger partial charge in [-0.2, -0.15) is 0 Å². The molecule has 0 nitrogen and oxygen atoms in total. The van der Waals surface area contributed by atoms with Gasteiger partial charge in [0.15, 0.2) is 0 Å². The minimum Gasteiger partial charge on any atom is -0.130 e. The van der Waals surface area contributed by atoms with E-state index in [0.29, 0.717) is 0 Å². The Morgan fingerprint density at radius 2 is 1.21 bits per heavy atom. The van der Waals surface area contributed by atoms with E-state index in [1.54, 1.807) is 0 Å². The molecule has 2 aromatic rings. The molecular weight excluding hydrogens is 391 g/mol. The molecule has 0 aliphatic heterocycles. The first-order chi connectivity index (χ1) is 6.61. The predicted octanol–water partition coefficient (Wildman–Crippen LogP) is 6.31. The van der Waals surface area contributed by atoms with E-state index < -0.39 is 0 Å². The van der Waals surface area contributed by atoms with E-state index in [-0.39, 0.29) is 0 Å². The van der Waals surface area contributed by atoms with Crippen LogP contribution < -0.4 is 0 Å². The van der Waals surface area contributed by atoms with Gasteiger partial charge in [-0.1, -0.05) is 23.2 Å². The third-order valence-electron chi connectivity index (χ3n) is 1.65. The molecule has 74 valence electrons. The fraction of sp³-hybridized carbons (Fsp3) is 0. The molecule has 0 amide bonds. The molecule has 0 atom stereocenters. The van der Waals surface area contributed by atoms with Crippen LogP contribution in [-0.2, 0) is 0 Å². The lowest BCUT2D eigenvalue weighted by molar-refractivity contribution is 1.74. The standard InChI is InChI=1S/C8H2Br2Cl2S2/c9-3-1-13-7(11)5(3)6-4(10)2-14-8(6)12/h1-2H. The van der Waals surface area contributed by atoms with E-state index in [1.165, 1.54) is 22.7 Å². The second kappa shape index (κ2) is 4.44. The molecule has 0 spiro atoms. The highest BCUT2D eigenvalue weighted by Gasteiger charge is 2.17. The maximum absolute atomic E-state index is 6.09. The van der Waals surface area contributed by atoms with Crippen molar-refractivity contribution in [2.75, 3.05) is 0 Å².